The summed E-state index contributed by atoms with van der Waals surface area (Å²) in [6.45, 7) is 7.83. The first-order chi connectivity index (χ1) is 12.4. The molecule has 0 aromatic heterocycles. The Bertz CT molecular complexity index is 710. The summed E-state index contributed by atoms with van der Waals surface area (Å²) in [4.78, 5) is 24.9. The van der Waals surface area contributed by atoms with Gasteiger partial charge >= 0.3 is 167 Å². The number of rotatable bonds is 7. The van der Waals surface area contributed by atoms with Crippen molar-refractivity contribution in [2.24, 2.45) is 0 Å². The fourth-order valence-electron chi connectivity index (χ4n) is 2.22. The van der Waals surface area contributed by atoms with Crippen LogP contribution >= 0.6 is 0 Å². The van der Waals surface area contributed by atoms with E-state index in [1.807, 2.05) is 76.2 Å². The second-order valence-electron chi connectivity index (χ2n) is 6.42. The van der Waals surface area contributed by atoms with Gasteiger partial charge < -0.3 is 0 Å². The van der Waals surface area contributed by atoms with E-state index in [0.29, 0.717) is 0 Å². The van der Waals surface area contributed by atoms with Gasteiger partial charge in [-0.25, -0.2) is 0 Å². The molecular weight excluding hydrogens is 458 g/mol. The molecule has 26 heavy (non-hydrogen) atoms. The van der Waals surface area contributed by atoms with Crippen molar-refractivity contribution in [3.8, 4) is 0 Å². The van der Waals surface area contributed by atoms with E-state index in [1.165, 1.54) is 0 Å². The first-order valence-electron chi connectivity index (χ1n) is 8.52. The van der Waals surface area contributed by atoms with E-state index in [4.69, 9.17) is 0 Å². The quantitative estimate of drug-likeness (QED) is 0.584. The van der Waals surface area contributed by atoms with E-state index >= 15 is 0 Å². The van der Waals surface area contributed by atoms with Crippen LogP contribution in [-0.2, 0) is 0 Å². The molecule has 138 valence electrons. The molecule has 2 aromatic carbocycles. The number of carbonyl (C=O) groups excluding carboxylic acids is 2. The van der Waals surface area contributed by atoms with Crippen molar-refractivity contribution >= 4 is 47.0 Å². The van der Waals surface area contributed by atoms with Gasteiger partial charge in [-0.1, -0.05) is 0 Å². The fourth-order valence-corrected chi connectivity index (χ4v) is 9.34. The Morgan fingerprint density at radius 1 is 0.692 bits per heavy atom. The van der Waals surface area contributed by atoms with E-state index in [0.717, 1.165) is 20.1 Å². The second kappa shape index (κ2) is 9.94. The van der Waals surface area contributed by atoms with E-state index in [1.54, 1.807) is 0 Å². The minimum absolute atomic E-state index is 0.0286. The molecule has 0 saturated carbocycles. The van der Waals surface area contributed by atoms with Crippen molar-refractivity contribution in [2.45, 2.75) is 39.8 Å². The van der Waals surface area contributed by atoms with Gasteiger partial charge in [-0.05, 0) is 0 Å². The van der Waals surface area contributed by atoms with Crippen molar-refractivity contribution < 1.29 is 9.59 Å². The summed E-state index contributed by atoms with van der Waals surface area (Å²) in [6.07, 6.45) is 0. The summed E-state index contributed by atoms with van der Waals surface area (Å²) in [5.74, 6) is -0.0572. The topological polar surface area (TPSA) is 58.2 Å². The van der Waals surface area contributed by atoms with Gasteiger partial charge in [0.05, 0.1) is 0 Å². The zero-order valence-electron chi connectivity index (χ0n) is 15.4. The summed E-state index contributed by atoms with van der Waals surface area (Å²) >= 11 is 0.234. The zero-order valence-corrected chi connectivity index (χ0v) is 18.8. The fraction of sp³-hybridized carbons (Fsp3) is 0.300. The Hall–Kier alpha value is -1.58. The molecule has 2 aromatic rings. The standard InChI is InChI=1S/C20H24N2O2Se2/c1-13(2)21-19(23)15-9-5-7-11-17(15)25-26-18-12-8-6-10-16(18)20(24)22-14(3)4/h5-14H,1-4H3,(H,21,23)(H,22,24). The maximum atomic E-state index is 12.4. The SMILES string of the molecule is CC(C)NC(=O)c1ccccc1[Se][Se]c1ccccc1C(=O)NC(C)C. The number of hydrogen-bond acceptors (Lipinski definition) is 2. The van der Waals surface area contributed by atoms with E-state index in [2.05, 4.69) is 10.6 Å². The molecule has 0 bridgehead atoms. The van der Waals surface area contributed by atoms with Crippen LogP contribution in [0.2, 0.25) is 0 Å². The Kier molecular flexibility index (Phi) is 7.92. The van der Waals surface area contributed by atoms with Crippen molar-refractivity contribution in [1.82, 2.24) is 10.6 Å². The molecule has 0 atom stereocenters. The van der Waals surface area contributed by atoms with Crippen LogP contribution in [0.5, 0.6) is 0 Å². The number of amides is 2. The summed E-state index contributed by atoms with van der Waals surface area (Å²) in [7, 11) is 0. The molecule has 0 heterocycles. The first kappa shape index (κ1) is 20.7. The van der Waals surface area contributed by atoms with Gasteiger partial charge in [0.15, 0.2) is 0 Å². The Morgan fingerprint density at radius 2 is 1.04 bits per heavy atom. The van der Waals surface area contributed by atoms with Crippen LogP contribution in [0.4, 0.5) is 0 Å². The molecule has 2 rings (SSSR count). The molecule has 0 fully saturated rings. The second-order valence-corrected chi connectivity index (χ2v) is 12.6. The van der Waals surface area contributed by atoms with Crippen molar-refractivity contribution in [3.63, 3.8) is 0 Å². The normalized spacial score (nSPS) is 10.8. The average molecular weight is 482 g/mol. The van der Waals surface area contributed by atoms with E-state index in [9.17, 15) is 9.59 Å². The van der Waals surface area contributed by atoms with Gasteiger partial charge in [-0.3, -0.25) is 0 Å². The van der Waals surface area contributed by atoms with Crippen LogP contribution in [0.3, 0.4) is 0 Å². The Balaban J connectivity index is 2.18. The van der Waals surface area contributed by atoms with Crippen molar-refractivity contribution in [1.29, 1.82) is 0 Å². The van der Waals surface area contributed by atoms with Gasteiger partial charge in [-0.2, -0.15) is 0 Å². The molecule has 0 spiro atoms. The average Bonchev–Trinajstić information content (AvgIpc) is 2.59. The Morgan fingerprint density at radius 3 is 1.38 bits per heavy atom. The van der Waals surface area contributed by atoms with Crippen LogP contribution in [0, 0.1) is 0 Å². The van der Waals surface area contributed by atoms with Crippen LogP contribution in [0.15, 0.2) is 48.5 Å². The van der Waals surface area contributed by atoms with E-state index < -0.39 is 0 Å². The Labute approximate surface area is 166 Å². The number of benzene rings is 2. The summed E-state index contributed by atoms with van der Waals surface area (Å²) < 4.78 is 2.16. The van der Waals surface area contributed by atoms with Crippen LogP contribution in [0.1, 0.15) is 48.4 Å². The molecule has 0 aliphatic carbocycles. The predicted molar refractivity (Wildman–Crippen MR) is 109 cm³/mol. The molecule has 2 N–H and O–H groups in total. The van der Waals surface area contributed by atoms with Crippen molar-refractivity contribution in [3.05, 3.63) is 59.7 Å². The predicted octanol–water partition coefficient (Wildman–Crippen LogP) is 1.24. The molecule has 0 aliphatic rings. The van der Waals surface area contributed by atoms with Crippen LogP contribution in [-0.4, -0.2) is 50.2 Å². The number of hydrogen-bond donors (Lipinski definition) is 2. The zero-order chi connectivity index (χ0) is 19.1. The van der Waals surface area contributed by atoms with Gasteiger partial charge in [0.1, 0.15) is 0 Å². The number of carbonyl (C=O) groups is 2. The third-order valence-electron chi connectivity index (χ3n) is 3.32. The van der Waals surface area contributed by atoms with Gasteiger partial charge in [0.2, 0.25) is 0 Å². The van der Waals surface area contributed by atoms with Gasteiger partial charge in [0, 0.05) is 0 Å². The van der Waals surface area contributed by atoms with E-state index in [-0.39, 0.29) is 50.2 Å². The third kappa shape index (κ3) is 6.00. The molecule has 0 aliphatic heterocycles. The molecule has 0 unspecified atom stereocenters. The maximum absolute atomic E-state index is 12.4. The monoisotopic (exact) mass is 484 g/mol. The van der Waals surface area contributed by atoms with Gasteiger partial charge in [-0.15, -0.1) is 0 Å². The van der Waals surface area contributed by atoms with Crippen molar-refractivity contribution in [2.75, 3.05) is 0 Å². The molecule has 6 heteroatoms. The molecule has 0 radical (unpaired) electrons. The summed E-state index contributed by atoms with van der Waals surface area (Å²) in [6, 6.07) is 15.7. The number of nitrogens with one attached hydrogen (secondary N) is 2. The molecule has 4 nitrogen and oxygen atoms in total. The summed E-state index contributed by atoms with van der Waals surface area (Å²) in [5.41, 5.74) is 1.49. The molecule has 0 saturated heterocycles. The molecular formula is C20H24N2O2Se2. The van der Waals surface area contributed by atoms with Crippen LogP contribution < -0.4 is 19.6 Å². The minimum atomic E-state index is -0.0286. The van der Waals surface area contributed by atoms with Crippen LogP contribution in [0.25, 0.3) is 0 Å². The third-order valence-corrected chi connectivity index (χ3v) is 10.6. The molecule has 2 amide bonds. The van der Waals surface area contributed by atoms with Gasteiger partial charge in [0.25, 0.3) is 0 Å². The first-order valence-corrected chi connectivity index (χ1v) is 14.6. The summed E-state index contributed by atoms with van der Waals surface area (Å²) in [5, 5.41) is 5.93.